The SMILES string of the molecule is O=S(=O)(O)C(F)(F)C(F)(F)C(F)(F)C(F)(F)F.O=c1c2ccccc2oc2ccc(I)cc12. The zero-order chi connectivity index (χ0) is 25.6. The number of hydrogen-bond donors (Lipinski definition) is 1. The highest BCUT2D eigenvalue weighted by atomic mass is 127. The molecule has 0 unspecified atom stereocenters. The average Bonchev–Trinajstić information content (AvgIpc) is 2.67. The number of fused-ring (bicyclic) bond motifs is 2. The summed E-state index contributed by atoms with van der Waals surface area (Å²) in [6.45, 7) is 0. The van der Waals surface area contributed by atoms with Gasteiger partial charge in [-0.2, -0.15) is 47.9 Å². The maximum Gasteiger partial charge on any atom is 0.460 e. The van der Waals surface area contributed by atoms with Gasteiger partial charge < -0.3 is 4.42 Å². The molecule has 0 aliphatic carbocycles. The quantitative estimate of drug-likeness (QED) is 0.172. The van der Waals surface area contributed by atoms with Gasteiger partial charge in [-0.15, -0.1) is 0 Å². The second-order valence-electron chi connectivity index (χ2n) is 6.21. The number of halogens is 10. The molecule has 0 spiro atoms. The van der Waals surface area contributed by atoms with Gasteiger partial charge in [-0.3, -0.25) is 9.35 Å². The van der Waals surface area contributed by atoms with E-state index in [1.807, 2.05) is 36.4 Å². The van der Waals surface area contributed by atoms with E-state index >= 15 is 0 Å². The van der Waals surface area contributed by atoms with Gasteiger partial charge in [0.1, 0.15) is 11.2 Å². The first kappa shape index (κ1) is 27.2. The van der Waals surface area contributed by atoms with E-state index in [9.17, 15) is 52.7 Å². The molecular weight excluding hydrogens is 614 g/mol. The third-order valence-electron chi connectivity index (χ3n) is 3.98. The van der Waals surface area contributed by atoms with Crippen LogP contribution < -0.4 is 5.43 Å². The summed E-state index contributed by atoms with van der Waals surface area (Å²) in [4.78, 5) is 12.2. The fraction of sp³-hybridized carbons (Fsp3) is 0.235. The lowest BCUT2D eigenvalue weighted by Gasteiger charge is -2.31. The van der Waals surface area contributed by atoms with Crippen molar-refractivity contribution in [1.82, 2.24) is 0 Å². The predicted molar refractivity (Wildman–Crippen MR) is 105 cm³/mol. The first-order chi connectivity index (χ1) is 14.8. The van der Waals surface area contributed by atoms with Crippen molar-refractivity contribution in [2.75, 3.05) is 0 Å². The lowest BCUT2D eigenvalue weighted by atomic mass is 10.1. The molecule has 0 saturated heterocycles. The molecule has 16 heteroatoms. The topological polar surface area (TPSA) is 84.6 Å². The second-order valence-corrected chi connectivity index (χ2v) is 8.91. The average molecular weight is 622 g/mol. The van der Waals surface area contributed by atoms with Gasteiger partial charge in [-0.1, -0.05) is 12.1 Å². The number of benzene rings is 2. The van der Waals surface area contributed by atoms with Crippen LogP contribution in [0.1, 0.15) is 0 Å². The minimum absolute atomic E-state index is 0.0374. The van der Waals surface area contributed by atoms with Gasteiger partial charge in [0.05, 0.1) is 10.8 Å². The van der Waals surface area contributed by atoms with Gasteiger partial charge in [0.25, 0.3) is 0 Å². The summed E-state index contributed by atoms with van der Waals surface area (Å²) in [6, 6.07) is 12.9. The third kappa shape index (κ3) is 4.77. The minimum Gasteiger partial charge on any atom is -0.456 e. The van der Waals surface area contributed by atoms with Gasteiger partial charge in [0.2, 0.25) is 5.43 Å². The van der Waals surface area contributed by atoms with Crippen molar-refractivity contribution < 1.29 is 56.9 Å². The Balaban J connectivity index is 0.000000233. The molecule has 0 radical (unpaired) electrons. The van der Waals surface area contributed by atoms with Crippen LogP contribution >= 0.6 is 22.6 Å². The summed E-state index contributed by atoms with van der Waals surface area (Å²) in [5.74, 6) is -14.7. The Labute approximate surface area is 191 Å². The van der Waals surface area contributed by atoms with Crippen LogP contribution in [-0.4, -0.2) is 36.2 Å². The van der Waals surface area contributed by atoms with Crippen LogP contribution in [0.2, 0.25) is 0 Å². The molecule has 3 rings (SSSR count). The maximum atomic E-state index is 12.2. The lowest BCUT2D eigenvalue weighted by molar-refractivity contribution is -0.382. The van der Waals surface area contributed by atoms with Crippen LogP contribution in [-0.2, 0) is 10.1 Å². The monoisotopic (exact) mass is 622 g/mol. The lowest BCUT2D eigenvalue weighted by Crippen LogP contribution is -2.63. The summed E-state index contributed by atoms with van der Waals surface area (Å²) >= 11 is 2.19. The summed E-state index contributed by atoms with van der Waals surface area (Å²) in [6.07, 6.45) is -7.13. The Morgan fingerprint density at radius 3 is 1.82 bits per heavy atom. The normalized spacial score (nSPS) is 13.7. The highest BCUT2D eigenvalue weighted by molar-refractivity contribution is 14.1. The first-order valence-corrected chi connectivity index (χ1v) is 10.6. The van der Waals surface area contributed by atoms with Crippen molar-refractivity contribution in [2.45, 2.75) is 23.3 Å². The van der Waals surface area contributed by atoms with Gasteiger partial charge in [-0.05, 0) is 52.9 Å². The fourth-order valence-electron chi connectivity index (χ4n) is 2.30. The Hall–Kier alpha value is -2.08. The van der Waals surface area contributed by atoms with Crippen LogP contribution in [0.4, 0.5) is 39.5 Å². The molecule has 33 heavy (non-hydrogen) atoms. The van der Waals surface area contributed by atoms with E-state index in [0.29, 0.717) is 21.9 Å². The largest absolute Gasteiger partial charge is 0.460 e. The molecule has 5 nitrogen and oxygen atoms in total. The van der Waals surface area contributed by atoms with E-state index in [4.69, 9.17) is 8.97 Å². The molecule has 3 aromatic rings. The Morgan fingerprint density at radius 2 is 1.30 bits per heavy atom. The zero-order valence-electron chi connectivity index (χ0n) is 15.3. The molecule has 0 fully saturated rings. The molecule has 0 bridgehead atoms. The number of para-hydroxylation sites is 1. The molecule has 0 aliphatic rings. The van der Waals surface area contributed by atoms with E-state index in [-0.39, 0.29) is 5.43 Å². The van der Waals surface area contributed by atoms with Crippen molar-refractivity contribution in [3.05, 3.63) is 56.3 Å². The predicted octanol–water partition coefficient (Wildman–Crippen LogP) is 5.85. The summed E-state index contributed by atoms with van der Waals surface area (Å²) in [5, 5.41) is -5.72. The molecular formula is C17H8F9IO5S. The Bertz CT molecular complexity index is 1350. The number of rotatable bonds is 3. The van der Waals surface area contributed by atoms with Crippen LogP contribution in [0.5, 0.6) is 0 Å². The van der Waals surface area contributed by atoms with E-state index in [1.165, 1.54) is 0 Å². The molecule has 0 aliphatic heterocycles. The first-order valence-electron chi connectivity index (χ1n) is 8.04. The van der Waals surface area contributed by atoms with Gasteiger partial charge in [0, 0.05) is 3.57 Å². The molecule has 1 aromatic heterocycles. The van der Waals surface area contributed by atoms with Crippen LogP contribution in [0, 0.1) is 3.57 Å². The van der Waals surface area contributed by atoms with Crippen LogP contribution in [0.3, 0.4) is 0 Å². The van der Waals surface area contributed by atoms with E-state index in [1.54, 1.807) is 6.07 Å². The van der Waals surface area contributed by atoms with Crippen LogP contribution in [0.15, 0.2) is 51.7 Å². The van der Waals surface area contributed by atoms with Crippen molar-refractivity contribution in [3.63, 3.8) is 0 Å². The zero-order valence-corrected chi connectivity index (χ0v) is 18.3. The second kappa shape index (κ2) is 8.61. The van der Waals surface area contributed by atoms with Crippen molar-refractivity contribution in [3.8, 4) is 0 Å². The van der Waals surface area contributed by atoms with Gasteiger partial charge in [-0.25, -0.2) is 0 Å². The molecule has 0 amide bonds. The molecule has 182 valence electrons. The van der Waals surface area contributed by atoms with E-state index in [0.717, 1.165) is 3.57 Å². The number of hydrogen-bond acceptors (Lipinski definition) is 4. The molecule has 1 N–H and O–H groups in total. The maximum absolute atomic E-state index is 12.2. The molecule has 1 heterocycles. The minimum atomic E-state index is -7.37. The standard InChI is InChI=1S/C13H7IO2.C4HF9O3S/c14-8-5-6-12-10(7-8)13(15)9-3-1-2-4-11(9)16-12;5-1(6,3(9,10)11)2(7,8)4(12,13)17(14,15)16/h1-7H;(H,14,15,16). The highest BCUT2D eigenvalue weighted by Gasteiger charge is 2.85. The summed E-state index contributed by atoms with van der Waals surface area (Å²) < 4.78 is 141. The molecule has 0 saturated carbocycles. The highest BCUT2D eigenvalue weighted by Crippen LogP contribution is 2.54. The third-order valence-corrected chi connectivity index (χ3v) is 5.55. The number of alkyl halides is 9. The Kier molecular flexibility index (Phi) is 7.09. The fourth-order valence-corrected chi connectivity index (χ4v) is 3.24. The molecule has 2 aromatic carbocycles. The van der Waals surface area contributed by atoms with Gasteiger partial charge in [0.15, 0.2) is 0 Å². The van der Waals surface area contributed by atoms with E-state index in [2.05, 4.69) is 22.6 Å². The smallest absolute Gasteiger partial charge is 0.456 e. The summed E-state index contributed by atoms with van der Waals surface area (Å²) in [5.41, 5.74) is 1.32. The van der Waals surface area contributed by atoms with E-state index < -0.39 is 33.4 Å². The van der Waals surface area contributed by atoms with Crippen molar-refractivity contribution in [2.24, 2.45) is 0 Å². The molecule has 0 atom stereocenters. The van der Waals surface area contributed by atoms with Crippen molar-refractivity contribution in [1.29, 1.82) is 0 Å². The van der Waals surface area contributed by atoms with Gasteiger partial charge >= 0.3 is 33.4 Å². The Morgan fingerprint density at radius 1 is 0.788 bits per heavy atom. The summed E-state index contributed by atoms with van der Waals surface area (Å²) in [7, 11) is -7.17. The van der Waals surface area contributed by atoms with Crippen LogP contribution in [0.25, 0.3) is 21.9 Å². The van der Waals surface area contributed by atoms with Crippen molar-refractivity contribution >= 4 is 54.6 Å².